The van der Waals surface area contributed by atoms with Crippen LogP contribution in [0.15, 0.2) is 77.3 Å². The predicted molar refractivity (Wildman–Crippen MR) is 116 cm³/mol. The summed E-state index contributed by atoms with van der Waals surface area (Å²) in [5, 5.41) is 17.7. The van der Waals surface area contributed by atoms with Crippen molar-refractivity contribution in [3.8, 4) is 11.3 Å². The van der Waals surface area contributed by atoms with E-state index in [0.29, 0.717) is 5.69 Å². The lowest BCUT2D eigenvalue weighted by Crippen LogP contribution is -2.33. The van der Waals surface area contributed by atoms with Crippen LogP contribution in [0.4, 0.5) is 11.4 Å². The normalized spacial score (nSPS) is 10.5. The molecule has 2 aromatic heterocycles. The molecule has 0 aliphatic heterocycles. The van der Waals surface area contributed by atoms with Crippen molar-refractivity contribution >= 4 is 45.5 Å². The molecule has 0 spiro atoms. The number of nitrogens with one attached hydrogen (secondary N) is 2. The van der Waals surface area contributed by atoms with E-state index in [1.165, 1.54) is 18.2 Å². The lowest BCUT2D eigenvalue weighted by molar-refractivity contribution is -0.384. The van der Waals surface area contributed by atoms with Gasteiger partial charge in [-0.05, 0) is 54.7 Å². The molecule has 9 heteroatoms. The topological polar surface area (TPSA) is 110 Å². The molecule has 8 nitrogen and oxygen atoms in total. The van der Waals surface area contributed by atoms with Gasteiger partial charge in [-0.1, -0.05) is 18.2 Å². The number of amides is 1. The van der Waals surface area contributed by atoms with E-state index in [2.05, 4.69) is 15.6 Å². The van der Waals surface area contributed by atoms with Crippen LogP contribution in [-0.2, 0) is 0 Å². The molecule has 0 atom stereocenters. The second-order valence-electron chi connectivity index (χ2n) is 6.22. The number of rotatable bonds is 4. The first kappa shape index (κ1) is 19.2. The molecule has 0 saturated carbocycles. The smallest absolute Gasteiger partial charge is 0.293 e. The molecular weight excluding hydrogens is 404 g/mol. The highest BCUT2D eigenvalue weighted by Gasteiger charge is 2.19. The Balaban J connectivity index is 1.50. The maximum Gasteiger partial charge on any atom is 0.293 e. The van der Waals surface area contributed by atoms with Gasteiger partial charge in [0, 0.05) is 23.3 Å². The van der Waals surface area contributed by atoms with Crippen LogP contribution < -0.4 is 10.6 Å². The van der Waals surface area contributed by atoms with Crippen molar-refractivity contribution in [2.45, 2.75) is 0 Å². The number of pyridine rings is 1. The summed E-state index contributed by atoms with van der Waals surface area (Å²) in [5.41, 5.74) is 1.66. The average Bonchev–Trinajstić information content (AvgIpc) is 3.24. The Kier molecular flexibility index (Phi) is 5.19. The summed E-state index contributed by atoms with van der Waals surface area (Å²) in [4.78, 5) is 27.5. The van der Waals surface area contributed by atoms with Crippen molar-refractivity contribution in [2.75, 3.05) is 5.32 Å². The minimum Gasteiger partial charge on any atom is -0.451 e. The standard InChI is InChI=1S/C21H14N4O4S/c26-20(19-11-10-18(29-19)14-5-1-2-9-17(14)25(27)28)24-21(30)23-16-8-3-7-15-13(16)6-4-12-22-15/h1-12H,(H2,23,24,26,30). The number of anilines is 1. The van der Waals surface area contributed by atoms with Crippen molar-refractivity contribution in [2.24, 2.45) is 0 Å². The molecule has 0 aliphatic carbocycles. The summed E-state index contributed by atoms with van der Waals surface area (Å²) in [6.07, 6.45) is 1.69. The van der Waals surface area contributed by atoms with Gasteiger partial charge in [-0.25, -0.2) is 0 Å². The molecule has 148 valence electrons. The number of carbonyl (C=O) groups is 1. The number of hydrogen-bond donors (Lipinski definition) is 2. The molecule has 0 aliphatic rings. The maximum atomic E-state index is 12.5. The highest BCUT2D eigenvalue weighted by atomic mass is 32.1. The van der Waals surface area contributed by atoms with Gasteiger partial charge in [0.15, 0.2) is 10.9 Å². The van der Waals surface area contributed by atoms with Gasteiger partial charge in [0.1, 0.15) is 5.76 Å². The van der Waals surface area contributed by atoms with Gasteiger partial charge in [-0.15, -0.1) is 0 Å². The summed E-state index contributed by atoms with van der Waals surface area (Å²) in [5.74, 6) is -0.381. The number of furan rings is 1. The fourth-order valence-corrected chi connectivity index (χ4v) is 3.18. The van der Waals surface area contributed by atoms with E-state index in [4.69, 9.17) is 16.6 Å². The van der Waals surface area contributed by atoms with Crippen molar-refractivity contribution in [1.82, 2.24) is 10.3 Å². The number of thiocarbonyl (C=S) groups is 1. The molecule has 0 unspecified atom stereocenters. The number of hydrogen-bond acceptors (Lipinski definition) is 6. The van der Waals surface area contributed by atoms with Gasteiger partial charge < -0.3 is 9.73 Å². The molecule has 2 aromatic carbocycles. The second-order valence-corrected chi connectivity index (χ2v) is 6.63. The zero-order valence-electron chi connectivity index (χ0n) is 15.4. The Morgan fingerprint density at radius 3 is 2.70 bits per heavy atom. The first-order valence-corrected chi connectivity index (χ1v) is 9.23. The number of carbonyl (C=O) groups excluding carboxylic acids is 1. The fourth-order valence-electron chi connectivity index (χ4n) is 2.98. The molecule has 30 heavy (non-hydrogen) atoms. The SMILES string of the molecule is O=C(NC(=S)Nc1cccc2ncccc12)c1ccc(-c2ccccc2[N+](=O)[O-])o1. The summed E-state index contributed by atoms with van der Waals surface area (Å²) in [7, 11) is 0. The highest BCUT2D eigenvalue weighted by molar-refractivity contribution is 7.80. The average molecular weight is 418 g/mol. The number of aromatic nitrogens is 1. The Bertz CT molecular complexity index is 1280. The van der Waals surface area contributed by atoms with Crippen LogP contribution in [0.3, 0.4) is 0 Å². The number of benzene rings is 2. The van der Waals surface area contributed by atoms with Crippen LogP contribution in [0.25, 0.3) is 22.2 Å². The lowest BCUT2D eigenvalue weighted by atomic mass is 10.1. The number of nitro groups is 1. The van der Waals surface area contributed by atoms with Gasteiger partial charge >= 0.3 is 0 Å². The zero-order valence-corrected chi connectivity index (χ0v) is 16.2. The number of fused-ring (bicyclic) bond motifs is 1. The van der Waals surface area contributed by atoms with Crippen LogP contribution in [0, 0.1) is 10.1 Å². The zero-order chi connectivity index (χ0) is 21.1. The monoisotopic (exact) mass is 418 g/mol. The van der Waals surface area contributed by atoms with E-state index < -0.39 is 10.8 Å². The first-order chi connectivity index (χ1) is 14.5. The van der Waals surface area contributed by atoms with Crippen molar-refractivity contribution < 1.29 is 14.1 Å². The third-order valence-corrected chi connectivity index (χ3v) is 4.52. The van der Waals surface area contributed by atoms with Crippen LogP contribution in [-0.4, -0.2) is 20.9 Å². The first-order valence-electron chi connectivity index (χ1n) is 8.82. The van der Waals surface area contributed by atoms with Gasteiger partial charge in [0.2, 0.25) is 0 Å². The predicted octanol–water partition coefficient (Wildman–Crippen LogP) is 4.53. The minimum atomic E-state index is -0.573. The molecule has 4 aromatic rings. The van der Waals surface area contributed by atoms with Crippen molar-refractivity contribution in [3.63, 3.8) is 0 Å². The van der Waals surface area contributed by atoms with Crippen molar-refractivity contribution in [1.29, 1.82) is 0 Å². The van der Waals surface area contributed by atoms with E-state index >= 15 is 0 Å². The third kappa shape index (κ3) is 3.87. The van der Waals surface area contributed by atoms with Crippen LogP contribution in [0.5, 0.6) is 0 Å². The summed E-state index contributed by atoms with van der Waals surface area (Å²) in [6.45, 7) is 0. The number of nitro benzene ring substituents is 1. The number of nitrogens with zero attached hydrogens (tertiary/aromatic N) is 2. The van der Waals surface area contributed by atoms with Gasteiger partial charge in [-0.2, -0.15) is 0 Å². The van der Waals surface area contributed by atoms with Gasteiger partial charge in [0.05, 0.1) is 16.0 Å². The van der Waals surface area contributed by atoms with E-state index in [-0.39, 0.29) is 27.9 Å². The van der Waals surface area contributed by atoms with Crippen molar-refractivity contribution in [3.05, 3.63) is 88.8 Å². The van der Waals surface area contributed by atoms with E-state index in [1.807, 2.05) is 30.3 Å². The molecule has 0 bridgehead atoms. The highest BCUT2D eigenvalue weighted by Crippen LogP contribution is 2.30. The van der Waals surface area contributed by atoms with Gasteiger partial charge in [-0.3, -0.25) is 25.2 Å². The van der Waals surface area contributed by atoms with E-state index in [1.54, 1.807) is 24.4 Å². The van der Waals surface area contributed by atoms with Crippen LogP contribution >= 0.6 is 12.2 Å². The quantitative estimate of drug-likeness (QED) is 0.285. The molecule has 2 heterocycles. The fraction of sp³-hybridized carbons (Fsp3) is 0. The molecule has 1 amide bonds. The summed E-state index contributed by atoms with van der Waals surface area (Å²) >= 11 is 5.24. The Morgan fingerprint density at radius 2 is 1.87 bits per heavy atom. The Hall–Kier alpha value is -4.11. The lowest BCUT2D eigenvalue weighted by Gasteiger charge is -2.10. The van der Waals surface area contributed by atoms with E-state index in [0.717, 1.165) is 10.9 Å². The minimum absolute atomic E-state index is 0.0214. The Morgan fingerprint density at radius 1 is 1.03 bits per heavy atom. The second kappa shape index (κ2) is 8.10. The molecule has 0 radical (unpaired) electrons. The molecular formula is C21H14N4O4S. The number of para-hydroxylation sites is 1. The third-order valence-electron chi connectivity index (χ3n) is 4.32. The molecule has 4 rings (SSSR count). The summed E-state index contributed by atoms with van der Waals surface area (Å²) in [6, 6.07) is 18.3. The molecule has 0 fully saturated rings. The maximum absolute atomic E-state index is 12.5. The van der Waals surface area contributed by atoms with E-state index in [9.17, 15) is 14.9 Å². The Labute approximate surface area is 175 Å². The van der Waals surface area contributed by atoms with Crippen LogP contribution in [0.1, 0.15) is 10.6 Å². The summed E-state index contributed by atoms with van der Waals surface area (Å²) < 4.78 is 5.53. The van der Waals surface area contributed by atoms with Gasteiger partial charge in [0.25, 0.3) is 11.6 Å². The molecule has 0 saturated heterocycles. The molecule has 2 N–H and O–H groups in total. The largest absolute Gasteiger partial charge is 0.451 e. The van der Waals surface area contributed by atoms with Crippen LogP contribution in [0.2, 0.25) is 0 Å².